The molecule has 0 saturated carbocycles. The fourth-order valence-corrected chi connectivity index (χ4v) is 4.06. The van der Waals surface area contributed by atoms with E-state index in [2.05, 4.69) is 20.0 Å². The number of carbonyl (C=O) groups excluding carboxylic acids is 1. The van der Waals surface area contributed by atoms with Crippen molar-refractivity contribution in [1.82, 2.24) is 20.0 Å². The number of amides is 1. The minimum atomic E-state index is -3.95. The zero-order chi connectivity index (χ0) is 21.6. The van der Waals surface area contributed by atoms with Gasteiger partial charge in [0.05, 0.1) is 42.3 Å². The van der Waals surface area contributed by atoms with E-state index in [-0.39, 0.29) is 23.8 Å². The lowest BCUT2D eigenvalue weighted by Crippen LogP contribution is -2.49. The number of halogens is 1. The molecule has 1 aliphatic heterocycles. The number of nitrogens with one attached hydrogen (secondary N) is 2. The first kappa shape index (κ1) is 22.0. The van der Waals surface area contributed by atoms with Crippen molar-refractivity contribution in [2.45, 2.75) is 36.1 Å². The number of aliphatic hydroxyl groups is 1. The molecule has 0 radical (unpaired) electrons. The van der Waals surface area contributed by atoms with E-state index < -0.39 is 40.7 Å². The second-order valence-electron chi connectivity index (χ2n) is 6.56. The molecule has 11 heteroatoms. The third-order valence-electron chi connectivity index (χ3n) is 4.37. The minimum Gasteiger partial charge on any atom is -0.394 e. The van der Waals surface area contributed by atoms with Crippen LogP contribution in [0.4, 0.5) is 4.39 Å². The summed E-state index contributed by atoms with van der Waals surface area (Å²) in [5, 5.41) is 12.3. The molecule has 0 bridgehead atoms. The van der Waals surface area contributed by atoms with E-state index in [4.69, 9.17) is 4.74 Å². The van der Waals surface area contributed by atoms with Crippen LogP contribution in [-0.4, -0.2) is 54.3 Å². The summed E-state index contributed by atoms with van der Waals surface area (Å²) in [5.74, 6) is -0.839. The van der Waals surface area contributed by atoms with Crippen molar-refractivity contribution in [3.05, 3.63) is 66.5 Å². The minimum absolute atomic E-state index is 0.00445. The molecule has 0 unspecified atom stereocenters. The highest BCUT2D eigenvalue weighted by Crippen LogP contribution is 2.18. The van der Waals surface area contributed by atoms with Gasteiger partial charge in [-0.3, -0.25) is 4.79 Å². The Hall–Kier alpha value is -2.73. The number of hydrogen-bond acceptors (Lipinski definition) is 7. The van der Waals surface area contributed by atoms with E-state index in [9.17, 15) is 22.7 Å². The van der Waals surface area contributed by atoms with Gasteiger partial charge in [-0.15, -0.1) is 0 Å². The molecule has 3 atom stereocenters. The number of aliphatic hydroxyl groups excluding tert-OH is 1. The molecule has 0 saturated heterocycles. The first-order valence-electron chi connectivity index (χ1n) is 9.11. The van der Waals surface area contributed by atoms with Crippen molar-refractivity contribution in [2.24, 2.45) is 0 Å². The molecule has 1 aromatic carbocycles. The van der Waals surface area contributed by atoms with Gasteiger partial charge >= 0.3 is 0 Å². The van der Waals surface area contributed by atoms with Crippen molar-refractivity contribution < 1.29 is 27.4 Å². The molecule has 30 heavy (non-hydrogen) atoms. The highest BCUT2D eigenvalue weighted by Gasteiger charge is 2.31. The molecule has 3 rings (SSSR count). The Morgan fingerprint density at radius 2 is 1.97 bits per heavy atom. The van der Waals surface area contributed by atoms with Crippen LogP contribution in [0.25, 0.3) is 0 Å². The first-order chi connectivity index (χ1) is 14.4. The Bertz CT molecular complexity index is 986. The van der Waals surface area contributed by atoms with Crippen molar-refractivity contribution in [3.63, 3.8) is 0 Å². The molecule has 0 aliphatic carbocycles. The summed E-state index contributed by atoms with van der Waals surface area (Å²) in [6.45, 7) is -0.221. The van der Waals surface area contributed by atoms with E-state index in [0.717, 1.165) is 24.3 Å². The van der Waals surface area contributed by atoms with Gasteiger partial charge in [-0.25, -0.2) is 27.5 Å². The first-order valence-corrected chi connectivity index (χ1v) is 10.6. The van der Waals surface area contributed by atoms with Crippen LogP contribution in [0.1, 0.15) is 12.1 Å². The van der Waals surface area contributed by atoms with Crippen LogP contribution in [0.15, 0.2) is 59.9 Å². The number of carbonyl (C=O) groups is 1. The van der Waals surface area contributed by atoms with E-state index in [1.54, 1.807) is 18.3 Å². The quantitative estimate of drug-likeness (QED) is 0.507. The molecule has 2 heterocycles. The summed E-state index contributed by atoms with van der Waals surface area (Å²) >= 11 is 0. The SMILES string of the molecule is O=C(C[C@H]1C=C[C@H](NS(=O)(=O)c2ccc(F)cc2)[C@H](CO)O1)NCc1ccncn1. The standard InChI is InChI=1S/C19H21FN4O5S/c20-13-1-4-16(5-2-13)30(27,28)24-17-6-3-15(29-18(17)11-25)9-19(26)22-10-14-7-8-21-12-23-14/h1-8,12,15,17-18,24-25H,9-11H2,(H,22,26)/t15-,17+,18+/m1/s1. The number of nitrogens with zero attached hydrogens (tertiary/aromatic N) is 2. The predicted octanol–water partition coefficient (Wildman–Crippen LogP) is 0.285. The fraction of sp³-hybridized carbons (Fsp3) is 0.316. The van der Waals surface area contributed by atoms with E-state index in [1.165, 1.54) is 12.4 Å². The average Bonchev–Trinajstić information content (AvgIpc) is 2.74. The molecule has 1 amide bonds. The summed E-state index contributed by atoms with van der Waals surface area (Å²) in [4.78, 5) is 19.8. The van der Waals surface area contributed by atoms with Crippen LogP contribution < -0.4 is 10.0 Å². The highest BCUT2D eigenvalue weighted by atomic mass is 32.2. The molecule has 3 N–H and O–H groups in total. The topological polar surface area (TPSA) is 131 Å². The highest BCUT2D eigenvalue weighted by molar-refractivity contribution is 7.89. The molecule has 0 spiro atoms. The van der Waals surface area contributed by atoms with Crippen molar-refractivity contribution in [2.75, 3.05) is 6.61 Å². The van der Waals surface area contributed by atoms with Crippen LogP contribution in [-0.2, 0) is 26.1 Å². The molecule has 9 nitrogen and oxygen atoms in total. The second-order valence-corrected chi connectivity index (χ2v) is 8.28. The Morgan fingerprint density at radius 3 is 2.63 bits per heavy atom. The smallest absolute Gasteiger partial charge is 0.241 e. The average molecular weight is 436 g/mol. The van der Waals surface area contributed by atoms with Gasteiger partial charge in [0.15, 0.2) is 0 Å². The van der Waals surface area contributed by atoms with Crippen LogP contribution in [0.3, 0.4) is 0 Å². The summed E-state index contributed by atoms with van der Waals surface area (Å²) < 4.78 is 46.1. The van der Waals surface area contributed by atoms with Gasteiger partial charge in [0.1, 0.15) is 18.2 Å². The van der Waals surface area contributed by atoms with E-state index in [1.807, 2.05) is 0 Å². The number of rotatable bonds is 8. The molecular formula is C19H21FN4O5S. The Kier molecular flexibility index (Phi) is 7.21. The van der Waals surface area contributed by atoms with Gasteiger partial charge in [-0.1, -0.05) is 12.2 Å². The maximum absolute atomic E-state index is 13.0. The number of hydrogen-bond donors (Lipinski definition) is 3. The van der Waals surface area contributed by atoms with Crippen molar-refractivity contribution in [3.8, 4) is 0 Å². The molecule has 1 aliphatic rings. The fourth-order valence-electron chi connectivity index (χ4n) is 2.84. The number of benzene rings is 1. The third kappa shape index (κ3) is 5.89. The van der Waals surface area contributed by atoms with Crippen LogP contribution in [0.5, 0.6) is 0 Å². The molecule has 0 fully saturated rings. The van der Waals surface area contributed by atoms with Gasteiger partial charge in [-0.2, -0.15) is 0 Å². The van der Waals surface area contributed by atoms with Crippen molar-refractivity contribution >= 4 is 15.9 Å². The second kappa shape index (κ2) is 9.85. The van der Waals surface area contributed by atoms with Crippen LogP contribution >= 0.6 is 0 Å². The van der Waals surface area contributed by atoms with E-state index in [0.29, 0.717) is 5.69 Å². The Balaban J connectivity index is 1.58. The number of aromatic nitrogens is 2. The molecule has 2 aromatic rings. The number of ether oxygens (including phenoxy) is 1. The largest absolute Gasteiger partial charge is 0.394 e. The zero-order valence-corrected chi connectivity index (χ0v) is 16.6. The normalized spacial score (nSPS) is 21.3. The Labute approximate surface area is 173 Å². The summed E-state index contributed by atoms with van der Waals surface area (Å²) in [6, 6.07) is 5.21. The monoisotopic (exact) mass is 436 g/mol. The van der Waals surface area contributed by atoms with Gasteiger partial charge < -0.3 is 15.2 Å². The zero-order valence-electron chi connectivity index (χ0n) is 15.8. The summed E-state index contributed by atoms with van der Waals surface area (Å²) in [5.41, 5.74) is 0.655. The molecule has 1 aromatic heterocycles. The van der Waals surface area contributed by atoms with E-state index >= 15 is 0 Å². The maximum atomic E-state index is 13.0. The lowest BCUT2D eigenvalue weighted by Gasteiger charge is -2.31. The van der Waals surface area contributed by atoms with Crippen LogP contribution in [0, 0.1) is 5.82 Å². The van der Waals surface area contributed by atoms with Gasteiger partial charge in [-0.05, 0) is 30.3 Å². The van der Waals surface area contributed by atoms with Gasteiger partial charge in [0.25, 0.3) is 0 Å². The maximum Gasteiger partial charge on any atom is 0.241 e. The lowest BCUT2D eigenvalue weighted by molar-refractivity contribution is -0.125. The Morgan fingerprint density at radius 1 is 1.20 bits per heavy atom. The predicted molar refractivity (Wildman–Crippen MR) is 104 cm³/mol. The number of sulfonamides is 1. The van der Waals surface area contributed by atoms with Crippen LogP contribution in [0.2, 0.25) is 0 Å². The molecular weight excluding hydrogens is 415 g/mol. The van der Waals surface area contributed by atoms with Gasteiger partial charge in [0, 0.05) is 6.20 Å². The summed E-state index contributed by atoms with van der Waals surface area (Å²) in [7, 11) is -3.95. The summed E-state index contributed by atoms with van der Waals surface area (Å²) in [6.07, 6.45) is 4.54. The molecule has 160 valence electrons. The lowest BCUT2D eigenvalue weighted by atomic mass is 10.1. The third-order valence-corrected chi connectivity index (χ3v) is 5.85. The van der Waals surface area contributed by atoms with Crippen molar-refractivity contribution in [1.29, 1.82) is 0 Å². The van der Waals surface area contributed by atoms with Gasteiger partial charge in [0.2, 0.25) is 15.9 Å².